The van der Waals surface area contributed by atoms with Crippen LogP contribution in [0.5, 0.6) is 11.5 Å². The molecule has 1 saturated carbocycles. The van der Waals surface area contributed by atoms with Crippen LogP contribution in [-0.2, 0) is 6.54 Å². The summed E-state index contributed by atoms with van der Waals surface area (Å²) in [4.78, 5) is 0. The second-order valence-corrected chi connectivity index (χ2v) is 5.76. The molecule has 0 saturated heterocycles. The highest BCUT2D eigenvalue weighted by Crippen LogP contribution is 2.27. The number of ether oxygens (including phenoxy) is 2. The van der Waals surface area contributed by atoms with Crippen molar-refractivity contribution < 1.29 is 9.47 Å². The van der Waals surface area contributed by atoms with Crippen molar-refractivity contribution in [2.24, 2.45) is 0 Å². The summed E-state index contributed by atoms with van der Waals surface area (Å²) in [5, 5.41) is 7.40. The molecule has 0 atom stereocenters. The molecule has 1 fully saturated rings. The summed E-state index contributed by atoms with van der Waals surface area (Å²) in [6.07, 6.45) is 6.40. The third-order valence-electron chi connectivity index (χ3n) is 3.84. The first-order valence-corrected chi connectivity index (χ1v) is 7.89. The molecule has 1 aliphatic rings. The molecule has 0 unspecified atom stereocenters. The zero-order valence-corrected chi connectivity index (χ0v) is 13.6. The Labute approximate surface area is 132 Å². The summed E-state index contributed by atoms with van der Waals surface area (Å²) in [5.41, 5.74) is 1.11. The van der Waals surface area contributed by atoms with Gasteiger partial charge in [0.2, 0.25) is 0 Å². The van der Waals surface area contributed by atoms with Crippen molar-refractivity contribution in [1.29, 1.82) is 0 Å². The van der Waals surface area contributed by atoms with Gasteiger partial charge < -0.3 is 20.1 Å². The molecule has 0 amide bonds. The first-order chi connectivity index (χ1) is 10.2. The van der Waals surface area contributed by atoms with Crippen molar-refractivity contribution in [1.82, 2.24) is 10.6 Å². The second-order valence-electron chi connectivity index (χ2n) is 5.35. The first kappa shape index (κ1) is 15.9. The Morgan fingerprint density at radius 3 is 2.52 bits per heavy atom. The molecular formula is C16H24N2O2S. The summed E-state index contributed by atoms with van der Waals surface area (Å²) in [5.74, 6) is 1.48. The van der Waals surface area contributed by atoms with Gasteiger partial charge >= 0.3 is 0 Å². The van der Waals surface area contributed by atoms with Gasteiger partial charge in [0.15, 0.2) is 16.6 Å². The maximum Gasteiger partial charge on any atom is 0.166 e. The van der Waals surface area contributed by atoms with Gasteiger partial charge in [-0.3, -0.25) is 0 Å². The van der Waals surface area contributed by atoms with E-state index in [-0.39, 0.29) is 0 Å². The lowest BCUT2D eigenvalue weighted by Gasteiger charge is -2.24. The van der Waals surface area contributed by atoms with Crippen LogP contribution in [0.1, 0.15) is 37.7 Å². The monoisotopic (exact) mass is 308 g/mol. The molecule has 1 aliphatic carbocycles. The third kappa shape index (κ3) is 4.77. The van der Waals surface area contributed by atoms with E-state index >= 15 is 0 Å². The van der Waals surface area contributed by atoms with Crippen LogP contribution in [0.2, 0.25) is 0 Å². The Hall–Kier alpha value is -1.49. The lowest BCUT2D eigenvalue weighted by atomic mass is 9.96. The molecule has 4 nitrogen and oxygen atoms in total. The van der Waals surface area contributed by atoms with Crippen LogP contribution in [0, 0.1) is 0 Å². The van der Waals surface area contributed by atoms with Crippen LogP contribution in [0.25, 0.3) is 0 Å². The number of thiocarbonyl (C=S) groups is 1. The van der Waals surface area contributed by atoms with Crippen molar-refractivity contribution in [3.63, 3.8) is 0 Å². The minimum Gasteiger partial charge on any atom is -0.493 e. The molecule has 0 aromatic heterocycles. The van der Waals surface area contributed by atoms with Crippen LogP contribution in [0.15, 0.2) is 18.2 Å². The molecule has 116 valence electrons. The predicted molar refractivity (Wildman–Crippen MR) is 89.0 cm³/mol. The van der Waals surface area contributed by atoms with Gasteiger partial charge in [-0.2, -0.15) is 0 Å². The van der Waals surface area contributed by atoms with E-state index in [0.717, 1.165) is 22.2 Å². The molecule has 0 radical (unpaired) electrons. The van der Waals surface area contributed by atoms with Gasteiger partial charge in [-0.25, -0.2) is 0 Å². The van der Waals surface area contributed by atoms with Crippen molar-refractivity contribution in [2.45, 2.75) is 44.7 Å². The van der Waals surface area contributed by atoms with Gasteiger partial charge in [0.1, 0.15) is 0 Å². The summed E-state index contributed by atoms with van der Waals surface area (Å²) < 4.78 is 10.5. The van der Waals surface area contributed by atoms with Crippen molar-refractivity contribution in [3.05, 3.63) is 23.8 Å². The number of methoxy groups -OCH3 is 2. The van der Waals surface area contributed by atoms with Gasteiger partial charge in [-0.05, 0) is 42.8 Å². The van der Waals surface area contributed by atoms with Gasteiger partial charge in [-0.1, -0.05) is 25.3 Å². The average Bonchev–Trinajstić information content (AvgIpc) is 2.53. The van der Waals surface area contributed by atoms with E-state index in [2.05, 4.69) is 10.6 Å². The van der Waals surface area contributed by atoms with Crippen molar-refractivity contribution in [3.8, 4) is 11.5 Å². The Morgan fingerprint density at radius 1 is 1.14 bits per heavy atom. The highest BCUT2D eigenvalue weighted by molar-refractivity contribution is 7.80. The molecule has 0 spiro atoms. The predicted octanol–water partition coefficient (Wildman–Crippen LogP) is 3.00. The van der Waals surface area contributed by atoms with Crippen LogP contribution < -0.4 is 20.1 Å². The lowest BCUT2D eigenvalue weighted by Crippen LogP contribution is -2.42. The van der Waals surface area contributed by atoms with Crippen LogP contribution in [0.3, 0.4) is 0 Å². The van der Waals surface area contributed by atoms with Crippen LogP contribution in [0.4, 0.5) is 0 Å². The first-order valence-electron chi connectivity index (χ1n) is 7.48. The maximum absolute atomic E-state index is 5.37. The molecule has 0 heterocycles. The van der Waals surface area contributed by atoms with Crippen molar-refractivity contribution >= 4 is 17.3 Å². The molecule has 0 aliphatic heterocycles. The number of hydrogen-bond donors (Lipinski definition) is 2. The minimum absolute atomic E-state index is 0.532. The minimum atomic E-state index is 0.532. The third-order valence-corrected chi connectivity index (χ3v) is 4.10. The number of benzene rings is 1. The second kappa shape index (κ2) is 8.08. The smallest absolute Gasteiger partial charge is 0.166 e. The zero-order chi connectivity index (χ0) is 15.1. The van der Waals surface area contributed by atoms with E-state index in [9.17, 15) is 0 Å². The fourth-order valence-corrected chi connectivity index (χ4v) is 2.90. The quantitative estimate of drug-likeness (QED) is 0.819. The molecule has 1 aromatic rings. The number of hydrogen-bond acceptors (Lipinski definition) is 3. The summed E-state index contributed by atoms with van der Waals surface area (Å²) >= 11 is 5.37. The molecule has 21 heavy (non-hydrogen) atoms. The Bertz CT molecular complexity index is 473. The van der Waals surface area contributed by atoms with E-state index < -0.39 is 0 Å². The summed E-state index contributed by atoms with van der Waals surface area (Å²) in [7, 11) is 3.28. The Kier molecular flexibility index (Phi) is 6.11. The fraction of sp³-hybridized carbons (Fsp3) is 0.562. The van der Waals surface area contributed by atoms with Crippen molar-refractivity contribution in [2.75, 3.05) is 14.2 Å². The largest absolute Gasteiger partial charge is 0.493 e. The molecule has 1 aromatic carbocycles. The molecule has 2 N–H and O–H groups in total. The average molecular weight is 308 g/mol. The highest BCUT2D eigenvalue weighted by Gasteiger charge is 2.13. The van der Waals surface area contributed by atoms with E-state index in [1.54, 1.807) is 14.2 Å². The molecular weight excluding hydrogens is 284 g/mol. The SMILES string of the molecule is COc1ccc(CNC(=S)NC2CCCCC2)cc1OC. The number of nitrogens with one attached hydrogen (secondary N) is 2. The Balaban J connectivity index is 1.83. The normalized spacial score (nSPS) is 15.3. The van der Waals surface area contributed by atoms with Crippen LogP contribution in [-0.4, -0.2) is 25.4 Å². The van der Waals surface area contributed by atoms with E-state index in [1.807, 2.05) is 18.2 Å². The molecule has 2 rings (SSSR count). The van der Waals surface area contributed by atoms with Gasteiger partial charge in [0, 0.05) is 12.6 Å². The maximum atomic E-state index is 5.37. The summed E-state index contributed by atoms with van der Waals surface area (Å²) in [6, 6.07) is 6.42. The van der Waals surface area contributed by atoms with Gasteiger partial charge in [0.05, 0.1) is 14.2 Å². The Morgan fingerprint density at radius 2 is 1.86 bits per heavy atom. The molecule has 5 heteroatoms. The van der Waals surface area contributed by atoms with E-state index in [4.69, 9.17) is 21.7 Å². The molecule has 0 bridgehead atoms. The lowest BCUT2D eigenvalue weighted by molar-refractivity contribution is 0.354. The standard InChI is InChI=1S/C16H24N2O2S/c1-19-14-9-8-12(10-15(14)20-2)11-17-16(21)18-13-6-4-3-5-7-13/h8-10,13H,3-7,11H2,1-2H3,(H2,17,18,21). The van der Waals surface area contributed by atoms with Crippen LogP contribution >= 0.6 is 12.2 Å². The topological polar surface area (TPSA) is 42.5 Å². The van der Waals surface area contributed by atoms with E-state index in [0.29, 0.717) is 12.6 Å². The zero-order valence-electron chi connectivity index (χ0n) is 12.8. The highest BCUT2D eigenvalue weighted by atomic mass is 32.1. The van der Waals surface area contributed by atoms with Gasteiger partial charge in [-0.15, -0.1) is 0 Å². The number of rotatable bonds is 5. The van der Waals surface area contributed by atoms with E-state index in [1.165, 1.54) is 32.1 Å². The summed E-state index contributed by atoms with van der Waals surface area (Å²) in [6.45, 7) is 0.679. The fourth-order valence-electron chi connectivity index (χ4n) is 2.66. The van der Waals surface area contributed by atoms with Gasteiger partial charge in [0.25, 0.3) is 0 Å².